The number of likely N-dealkylation sites (N-methyl/N-ethyl adjacent to an activating group) is 1. The molecule has 22 heavy (non-hydrogen) atoms. The minimum absolute atomic E-state index is 0. The van der Waals surface area contributed by atoms with Crippen LogP contribution in [0.1, 0.15) is 26.2 Å². The third-order valence-electron chi connectivity index (χ3n) is 4.70. The molecule has 0 aliphatic carbocycles. The Balaban J connectivity index is 0. The summed E-state index contributed by atoms with van der Waals surface area (Å²) in [7, 11) is 2.32. The Labute approximate surface area is 155 Å². The number of halogens is 3. The molecule has 136 valence electrons. The highest BCUT2D eigenvalue weighted by atomic mass is 35.5. The second-order valence-electron chi connectivity index (χ2n) is 6.15. The Morgan fingerprint density at radius 3 is 2.00 bits per heavy atom. The summed E-state index contributed by atoms with van der Waals surface area (Å²) >= 11 is 0. The highest BCUT2D eigenvalue weighted by Gasteiger charge is 2.22. The molecule has 4 nitrogen and oxygen atoms in total. The van der Waals surface area contributed by atoms with E-state index in [1.165, 1.54) is 78.2 Å². The smallest absolute Gasteiger partial charge is 0.0117 e. The fraction of sp³-hybridized carbons (Fsp3) is 1.00. The standard InChI is InChI=1S/C15H32N4.3ClH/c1-3-8-18-9-4-15(5-10-18)17(2)13-14-19-11-6-16-7-12-19;;;/h15-16H,3-14H2,1-2H3;3*1H. The summed E-state index contributed by atoms with van der Waals surface area (Å²) in [6.45, 7) is 13.4. The molecule has 2 aliphatic rings. The van der Waals surface area contributed by atoms with Crippen LogP contribution >= 0.6 is 37.2 Å². The molecule has 2 fully saturated rings. The maximum atomic E-state index is 3.42. The first-order valence-corrected chi connectivity index (χ1v) is 8.15. The summed E-state index contributed by atoms with van der Waals surface area (Å²) in [5, 5.41) is 3.42. The van der Waals surface area contributed by atoms with Crippen molar-refractivity contribution in [2.24, 2.45) is 0 Å². The maximum Gasteiger partial charge on any atom is 0.0117 e. The van der Waals surface area contributed by atoms with Crippen molar-refractivity contribution in [3.63, 3.8) is 0 Å². The summed E-state index contributed by atoms with van der Waals surface area (Å²) in [6.07, 6.45) is 4.01. The van der Waals surface area contributed by atoms with Gasteiger partial charge >= 0.3 is 0 Å². The number of nitrogens with zero attached hydrogens (tertiary/aromatic N) is 3. The average molecular weight is 378 g/mol. The molecular weight excluding hydrogens is 343 g/mol. The van der Waals surface area contributed by atoms with Crippen LogP contribution in [0.2, 0.25) is 0 Å². The lowest BCUT2D eigenvalue weighted by molar-refractivity contribution is 0.114. The summed E-state index contributed by atoms with van der Waals surface area (Å²) in [6, 6.07) is 0.816. The van der Waals surface area contributed by atoms with Crippen LogP contribution in [-0.2, 0) is 0 Å². The zero-order valence-electron chi connectivity index (χ0n) is 14.1. The second kappa shape index (κ2) is 14.1. The van der Waals surface area contributed by atoms with Crippen LogP contribution in [0.25, 0.3) is 0 Å². The van der Waals surface area contributed by atoms with Gasteiger partial charge in [-0.05, 0) is 45.9 Å². The lowest BCUT2D eigenvalue weighted by atomic mass is 10.0. The Kier molecular flexibility index (Phi) is 16.0. The fourth-order valence-electron chi connectivity index (χ4n) is 3.32. The molecule has 7 heteroatoms. The van der Waals surface area contributed by atoms with E-state index in [9.17, 15) is 0 Å². The molecule has 0 bridgehead atoms. The van der Waals surface area contributed by atoms with E-state index in [1.54, 1.807) is 0 Å². The van der Waals surface area contributed by atoms with E-state index in [-0.39, 0.29) is 37.2 Å². The van der Waals surface area contributed by atoms with Crippen molar-refractivity contribution < 1.29 is 0 Å². The summed E-state index contributed by atoms with van der Waals surface area (Å²) in [5.74, 6) is 0. The third-order valence-corrected chi connectivity index (χ3v) is 4.70. The Morgan fingerprint density at radius 2 is 1.45 bits per heavy atom. The van der Waals surface area contributed by atoms with Gasteiger partial charge in [-0.1, -0.05) is 6.92 Å². The van der Waals surface area contributed by atoms with Gasteiger partial charge < -0.3 is 15.1 Å². The van der Waals surface area contributed by atoms with Crippen molar-refractivity contribution in [3.05, 3.63) is 0 Å². The van der Waals surface area contributed by atoms with E-state index in [4.69, 9.17) is 0 Å². The zero-order valence-corrected chi connectivity index (χ0v) is 16.6. The van der Waals surface area contributed by atoms with E-state index in [1.807, 2.05) is 0 Å². The van der Waals surface area contributed by atoms with Crippen LogP contribution in [0.15, 0.2) is 0 Å². The monoisotopic (exact) mass is 376 g/mol. The Hall–Kier alpha value is 0.710. The van der Waals surface area contributed by atoms with Crippen molar-refractivity contribution >= 4 is 37.2 Å². The molecule has 2 rings (SSSR count). The number of rotatable bonds is 6. The van der Waals surface area contributed by atoms with Crippen LogP contribution < -0.4 is 5.32 Å². The van der Waals surface area contributed by atoms with Gasteiger partial charge in [-0.25, -0.2) is 0 Å². The molecule has 2 heterocycles. The molecule has 0 aromatic heterocycles. The predicted molar refractivity (Wildman–Crippen MR) is 103 cm³/mol. The highest BCUT2D eigenvalue weighted by molar-refractivity contribution is 5.86. The van der Waals surface area contributed by atoms with Crippen molar-refractivity contribution in [1.82, 2.24) is 20.0 Å². The molecule has 0 aromatic rings. The van der Waals surface area contributed by atoms with Gasteiger partial charge in [0.2, 0.25) is 0 Å². The predicted octanol–water partition coefficient (Wildman–Crippen LogP) is 1.96. The number of hydrogen-bond donors (Lipinski definition) is 1. The van der Waals surface area contributed by atoms with E-state index in [0.717, 1.165) is 6.04 Å². The van der Waals surface area contributed by atoms with Crippen LogP contribution in [0.3, 0.4) is 0 Å². The van der Waals surface area contributed by atoms with Gasteiger partial charge in [0, 0.05) is 45.3 Å². The zero-order chi connectivity index (χ0) is 13.5. The maximum absolute atomic E-state index is 3.42. The molecule has 0 amide bonds. The summed E-state index contributed by atoms with van der Waals surface area (Å²) < 4.78 is 0. The van der Waals surface area contributed by atoms with Crippen LogP contribution in [-0.4, -0.2) is 86.7 Å². The fourth-order valence-corrected chi connectivity index (χ4v) is 3.32. The minimum atomic E-state index is 0. The quantitative estimate of drug-likeness (QED) is 0.764. The molecule has 0 atom stereocenters. The molecular formula is C15H35Cl3N4. The molecule has 1 N–H and O–H groups in total. The number of likely N-dealkylation sites (tertiary alicyclic amines) is 1. The topological polar surface area (TPSA) is 21.8 Å². The lowest BCUT2D eigenvalue weighted by Gasteiger charge is -2.38. The molecule has 0 radical (unpaired) electrons. The SMILES string of the molecule is CCCN1CCC(N(C)CCN2CCNCC2)CC1.Cl.Cl.Cl. The number of hydrogen-bond acceptors (Lipinski definition) is 4. The Morgan fingerprint density at radius 1 is 0.909 bits per heavy atom. The van der Waals surface area contributed by atoms with Crippen LogP contribution in [0.4, 0.5) is 0 Å². The largest absolute Gasteiger partial charge is 0.314 e. The van der Waals surface area contributed by atoms with Gasteiger partial charge in [0.1, 0.15) is 0 Å². The number of piperazine rings is 1. The minimum Gasteiger partial charge on any atom is -0.314 e. The molecule has 2 saturated heterocycles. The lowest BCUT2D eigenvalue weighted by Crippen LogP contribution is -2.48. The van der Waals surface area contributed by atoms with Crippen LogP contribution in [0.5, 0.6) is 0 Å². The van der Waals surface area contributed by atoms with Gasteiger partial charge in [0.25, 0.3) is 0 Å². The molecule has 2 aliphatic heterocycles. The first-order valence-electron chi connectivity index (χ1n) is 8.15. The first-order chi connectivity index (χ1) is 9.29. The Bertz CT molecular complexity index is 245. The van der Waals surface area contributed by atoms with E-state index >= 15 is 0 Å². The van der Waals surface area contributed by atoms with Gasteiger partial charge in [0.05, 0.1) is 0 Å². The third kappa shape index (κ3) is 8.53. The average Bonchev–Trinajstić information content (AvgIpc) is 2.47. The normalized spacial score (nSPS) is 20.9. The molecule has 0 spiro atoms. The van der Waals surface area contributed by atoms with Crippen molar-refractivity contribution in [2.75, 3.05) is 66.0 Å². The van der Waals surface area contributed by atoms with Crippen molar-refractivity contribution in [2.45, 2.75) is 32.2 Å². The molecule has 0 aromatic carbocycles. The molecule has 0 saturated carbocycles. The van der Waals surface area contributed by atoms with Gasteiger partial charge in [-0.2, -0.15) is 0 Å². The second-order valence-corrected chi connectivity index (χ2v) is 6.15. The highest BCUT2D eigenvalue weighted by Crippen LogP contribution is 2.15. The first kappa shape index (κ1) is 25.0. The summed E-state index contributed by atoms with van der Waals surface area (Å²) in [5.41, 5.74) is 0. The number of nitrogens with one attached hydrogen (secondary N) is 1. The van der Waals surface area contributed by atoms with E-state index < -0.39 is 0 Å². The van der Waals surface area contributed by atoms with Crippen LogP contribution in [0, 0.1) is 0 Å². The van der Waals surface area contributed by atoms with Crippen molar-refractivity contribution in [1.29, 1.82) is 0 Å². The van der Waals surface area contributed by atoms with Gasteiger partial charge in [-0.15, -0.1) is 37.2 Å². The van der Waals surface area contributed by atoms with Crippen molar-refractivity contribution in [3.8, 4) is 0 Å². The van der Waals surface area contributed by atoms with E-state index in [0.29, 0.717) is 0 Å². The molecule has 0 unspecified atom stereocenters. The summed E-state index contributed by atoms with van der Waals surface area (Å²) in [4.78, 5) is 7.82. The van der Waals surface area contributed by atoms with E-state index in [2.05, 4.69) is 34.0 Å². The van der Waals surface area contributed by atoms with Gasteiger partial charge in [-0.3, -0.25) is 4.90 Å². The number of piperidine rings is 1. The van der Waals surface area contributed by atoms with Gasteiger partial charge in [0.15, 0.2) is 0 Å².